The molecule has 17 heavy (non-hydrogen) atoms. The molecule has 0 bridgehead atoms. The Bertz CT molecular complexity index is 667. The normalized spacial score (nSPS) is 19.4. The van der Waals surface area contributed by atoms with E-state index in [2.05, 4.69) is 0 Å². The summed E-state index contributed by atoms with van der Waals surface area (Å²) in [6, 6.07) is 7.07. The van der Waals surface area contributed by atoms with Crippen LogP contribution in [-0.4, -0.2) is 5.78 Å². The first-order valence-electron chi connectivity index (χ1n) is 5.74. The van der Waals surface area contributed by atoms with E-state index < -0.39 is 0 Å². The number of carbonyl (C=O) groups excluding carboxylic acids is 1. The smallest absolute Gasteiger partial charge is 0.203 e. The Morgan fingerprint density at radius 3 is 2.76 bits per heavy atom. The highest BCUT2D eigenvalue weighted by Crippen LogP contribution is 2.25. The molecule has 0 saturated heterocycles. The van der Waals surface area contributed by atoms with Crippen LogP contribution in [0.25, 0.3) is 11.0 Å². The number of rotatable bonds is 0. The molecule has 3 heteroatoms. The Balaban J connectivity index is 2.40. The summed E-state index contributed by atoms with van der Waals surface area (Å²) in [5, 5.41) is 0.495. The number of carbonyl (C=O) groups is 1. The summed E-state index contributed by atoms with van der Waals surface area (Å²) in [5.74, 6) is 0.718. The molecule has 0 radical (unpaired) electrons. The van der Waals surface area contributed by atoms with Crippen molar-refractivity contribution in [2.45, 2.75) is 19.8 Å². The lowest BCUT2D eigenvalue weighted by atomic mass is 9.87. The van der Waals surface area contributed by atoms with Gasteiger partial charge in [-0.25, -0.2) is 0 Å². The molecule has 0 aliphatic heterocycles. The summed E-state index contributed by atoms with van der Waals surface area (Å²) in [7, 11) is 0. The SMILES string of the molecule is C[C@@H]1CC(=O)c2c(oc3ccccc3c2=O)C1. The zero-order valence-electron chi connectivity index (χ0n) is 9.53. The molecule has 0 saturated carbocycles. The summed E-state index contributed by atoms with van der Waals surface area (Å²) < 4.78 is 5.69. The van der Waals surface area contributed by atoms with Gasteiger partial charge in [0.15, 0.2) is 5.78 Å². The number of hydrogen-bond donors (Lipinski definition) is 0. The lowest BCUT2D eigenvalue weighted by Crippen LogP contribution is -2.25. The molecule has 1 aromatic carbocycles. The Kier molecular flexibility index (Phi) is 2.15. The first-order valence-corrected chi connectivity index (χ1v) is 5.74. The number of benzene rings is 1. The van der Waals surface area contributed by atoms with Gasteiger partial charge in [-0.1, -0.05) is 19.1 Å². The van der Waals surface area contributed by atoms with Crippen LogP contribution in [0, 0.1) is 5.92 Å². The van der Waals surface area contributed by atoms with Gasteiger partial charge in [0, 0.05) is 12.8 Å². The van der Waals surface area contributed by atoms with Crippen LogP contribution in [0.1, 0.15) is 29.5 Å². The molecule has 1 aliphatic rings. The van der Waals surface area contributed by atoms with Gasteiger partial charge in [0.2, 0.25) is 5.43 Å². The molecule has 0 fully saturated rings. The minimum atomic E-state index is -0.182. The lowest BCUT2D eigenvalue weighted by Gasteiger charge is -2.18. The summed E-state index contributed by atoms with van der Waals surface area (Å²) in [4.78, 5) is 24.1. The van der Waals surface area contributed by atoms with Crippen LogP contribution >= 0.6 is 0 Å². The van der Waals surface area contributed by atoms with Crippen molar-refractivity contribution in [1.82, 2.24) is 0 Å². The van der Waals surface area contributed by atoms with Gasteiger partial charge in [0.25, 0.3) is 0 Å². The molecule has 0 unspecified atom stereocenters. The molecule has 1 heterocycles. The summed E-state index contributed by atoms with van der Waals surface area (Å²) in [6.07, 6.45) is 1.11. The molecule has 2 aromatic rings. The lowest BCUT2D eigenvalue weighted by molar-refractivity contribution is 0.0945. The quantitative estimate of drug-likeness (QED) is 0.696. The molecular formula is C14H12O3. The average Bonchev–Trinajstić information content (AvgIpc) is 2.28. The zero-order valence-corrected chi connectivity index (χ0v) is 9.53. The summed E-state index contributed by atoms with van der Waals surface area (Å²) in [6.45, 7) is 2.00. The Morgan fingerprint density at radius 1 is 1.18 bits per heavy atom. The zero-order chi connectivity index (χ0) is 12.0. The van der Waals surface area contributed by atoms with Crippen LogP contribution in [0.4, 0.5) is 0 Å². The van der Waals surface area contributed by atoms with E-state index in [0.29, 0.717) is 29.6 Å². The van der Waals surface area contributed by atoms with E-state index in [1.54, 1.807) is 18.2 Å². The molecule has 86 valence electrons. The fourth-order valence-corrected chi connectivity index (χ4v) is 2.42. The van der Waals surface area contributed by atoms with Gasteiger partial charge in [0.1, 0.15) is 16.9 Å². The van der Waals surface area contributed by atoms with Crippen LogP contribution in [0.15, 0.2) is 33.5 Å². The highest BCUT2D eigenvalue weighted by Gasteiger charge is 2.28. The molecule has 0 N–H and O–H groups in total. The molecule has 1 aromatic heterocycles. The number of hydrogen-bond acceptors (Lipinski definition) is 3. The maximum atomic E-state index is 12.2. The fraction of sp³-hybridized carbons (Fsp3) is 0.286. The topological polar surface area (TPSA) is 47.3 Å². The van der Waals surface area contributed by atoms with Gasteiger partial charge in [-0.05, 0) is 18.1 Å². The predicted molar refractivity (Wildman–Crippen MR) is 64.3 cm³/mol. The second-order valence-corrected chi connectivity index (χ2v) is 4.66. The van der Waals surface area contributed by atoms with E-state index in [0.717, 1.165) is 0 Å². The molecular weight excluding hydrogens is 216 g/mol. The Hall–Kier alpha value is -1.90. The maximum absolute atomic E-state index is 12.2. The van der Waals surface area contributed by atoms with E-state index in [9.17, 15) is 9.59 Å². The van der Waals surface area contributed by atoms with E-state index in [1.807, 2.05) is 13.0 Å². The number of ketones is 1. The van der Waals surface area contributed by atoms with E-state index in [-0.39, 0.29) is 22.7 Å². The van der Waals surface area contributed by atoms with Crippen LogP contribution < -0.4 is 5.43 Å². The molecule has 0 spiro atoms. The summed E-state index contributed by atoms with van der Waals surface area (Å²) in [5.41, 5.74) is 0.652. The first-order chi connectivity index (χ1) is 8.16. The van der Waals surface area contributed by atoms with Gasteiger partial charge >= 0.3 is 0 Å². The van der Waals surface area contributed by atoms with E-state index in [4.69, 9.17) is 4.42 Å². The Morgan fingerprint density at radius 2 is 1.94 bits per heavy atom. The second kappa shape index (κ2) is 3.55. The van der Waals surface area contributed by atoms with Crippen molar-refractivity contribution in [2.24, 2.45) is 5.92 Å². The third-order valence-electron chi connectivity index (χ3n) is 3.22. The molecule has 3 nitrogen and oxygen atoms in total. The van der Waals surface area contributed by atoms with Crippen molar-refractivity contribution < 1.29 is 9.21 Å². The number of Topliss-reactive ketones (excluding diaryl/α,β-unsaturated/α-hetero) is 1. The van der Waals surface area contributed by atoms with Gasteiger partial charge in [0.05, 0.1) is 5.39 Å². The van der Waals surface area contributed by atoms with Crippen molar-refractivity contribution in [3.05, 3.63) is 45.8 Å². The minimum absolute atomic E-state index is 0.0850. The molecule has 1 aliphatic carbocycles. The number of para-hydroxylation sites is 1. The summed E-state index contributed by atoms with van der Waals surface area (Å²) >= 11 is 0. The van der Waals surface area contributed by atoms with Crippen LogP contribution in [-0.2, 0) is 6.42 Å². The highest BCUT2D eigenvalue weighted by molar-refractivity contribution is 6.00. The van der Waals surface area contributed by atoms with Crippen molar-refractivity contribution in [3.63, 3.8) is 0 Å². The van der Waals surface area contributed by atoms with Crippen LogP contribution in [0.5, 0.6) is 0 Å². The van der Waals surface area contributed by atoms with E-state index in [1.165, 1.54) is 0 Å². The Labute approximate surface area is 98.1 Å². The van der Waals surface area contributed by atoms with Gasteiger partial charge in [-0.15, -0.1) is 0 Å². The van der Waals surface area contributed by atoms with Gasteiger partial charge in [-0.3, -0.25) is 9.59 Å². The third kappa shape index (κ3) is 1.50. The predicted octanol–water partition coefficient (Wildman–Crippen LogP) is 2.56. The standard InChI is InChI=1S/C14H12O3/c1-8-6-10(15)13-12(7-8)17-11-5-3-2-4-9(11)14(13)16/h2-5,8H,6-7H2,1H3/t8-/m1/s1. The van der Waals surface area contributed by atoms with Crippen molar-refractivity contribution in [2.75, 3.05) is 0 Å². The molecule has 1 atom stereocenters. The second-order valence-electron chi connectivity index (χ2n) is 4.66. The first kappa shape index (κ1) is 10.3. The minimum Gasteiger partial charge on any atom is -0.460 e. The molecule has 0 amide bonds. The monoisotopic (exact) mass is 228 g/mol. The van der Waals surface area contributed by atoms with E-state index >= 15 is 0 Å². The average molecular weight is 228 g/mol. The molecule has 3 rings (SSSR count). The number of fused-ring (bicyclic) bond motifs is 2. The highest BCUT2D eigenvalue weighted by atomic mass is 16.3. The van der Waals surface area contributed by atoms with Crippen molar-refractivity contribution in [1.29, 1.82) is 0 Å². The maximum Gasteiger partial charge on any atom is 0.203 e. The van der Waals surface area contributed by atoms with Crippen LogP contribution in [0.2, 0.25) is 0 Å². The largest absolute Gasteiger partial charge is 0.460 e. The van der Waals surface area contributed by atoms with Crippen molar-refractivity contribution in [3.8, 4) is 0 Å². The third-order valence-corrected chi connectivity index (χ3v) is 3.22. The van der Waals surface area contributed by atoms with Gasteiger partial charge < -0.3 is 4.42 Å². The van der Waals surface area contributed by atoms with Crippen LogP contribution in [0.3, 0.4) is 0 Å². The van der Waals surface area contributed by atoms with Crippen molar-refractivity contribution >= 4 is 16.8 Å². The fourth-order valence-electron chi connectivity index (χ4n) is 2.42. The van der Waals surface area contributed by atoms with Gasteiger partial charge in [-0.2, -0.15) is 0 Å².